The highest BCUT2D eigenvalue weighted by atomic mass is 32.1. The third-order valence-corrected chi connectivity index (χ3v) is 6.27. The van der Waals surface area contributed by atoms with Gasteiger partial charge in [0.1, 0.15) is 5.75 Å². The largest absolute Gasteiger partial charge is 0.496 e. The van der Waals surface area contributed by atoms with E-state index in [2.05, 4.69) is 68.2 Å². The zero-order chi connectivity index (χ0) is 21.6. The number of fused-ring (bicyclic) bond motifs is 1. The number of hydrogen-bond acceptors (Lipinski definition) is 6. The predicted octanol–water partition coefficient (Wildman–Crippen LogP) is 4.08. The van der Waals surface area contributed by atoms with Crippen LogP contribution in [0.15, 0.2) is 30.3 Å². The van der Waals surface area contributed by atoms with Gasteiger partial charge in [-0.25, -0.2) is 0 Å². The van der Waals surface area contributed by atoms with E-state index in [-0.39, 0.29) is 5.41 Å². The smallest absolute Gasteiger partial charge is 0.189 e. The van der Waals surface area contributed by atoms with E-state index < -0.39 is 0 Å². The lowest BCUT2D eigenvalue weighted by molar-refractivity contribution is 0.415. The van der Waals surface area contributed by atoms with E-state index in [0.29, 0.717) is 5.82 Å². The quantitative estimate of drug-likeness (QED) is 0.497. The van der Waals surface area contributed by atoms with Crippen molar-refractivity contribution in [3.05, 3.63) is 51.7 Å². The Bertz CT molecular complexity index is 1260. The molecule has 0 aliphatic carbocycles. The first-order valence-electron chi connectivity index (χ1n) is 9.89. The van der Waals surface area contributed by atoms with Crippen LogP contribution in [0.4, 0.5) is 5.00 Å². The average molecular weight is 422 g/mol. The number of rotatable bonds is 4. The molecule has 0 radical (unpaired) electrons. The zero-order valence-corrected chi connectivity index (χ0v) is 19.3. The minimum Gasteiger partial charge on any atom is -0.496 e. The third-order valence-electron chi connectivity index (χ3n) is 5.07. The number of nitrogens with zero attached hydrogens (tertiary/aromatic N) is 5. The van der Waals surface area contributed by atoms with Crippen LogP contribution in [0, 0.1) is 6.92 Å². The number of aromatic nitrogens is 4. The average Bonchev–Trinajstić information content (AvgIpc) is 3.38. The van der Waals surface area contributed by atoms with Crippen molar-refractivity contribution < 1.29 is 4.74 Å². The fourth-order valence-electron chi connectivity index (χ4n) is 3.54. The Morgan fingerprint density at radius 1 is 1.10 bits per heavy atom. The fraction of sp³-hybridized carbons (Fsp3) is 0.348. The molecule has 0 spiro atoms. The summed E-state index contributed by atoms with van der Waals surface area (Å²) >= 11 is 1.74. The maximum atomic E-state index is 5.60. The molecule has 0 amide bonds. The van der Waals surface area contributed by atoms with E-state index in [4.69, 9.17) is 9.84 Å². The highest BCUT2D eigenvalue weighted by Gasteiger charge is 2.25. The Labute approximate surface area is 180 Å². The second-order valence-electron chi connectivity index (χ2n) is 8.64. The Balaban J connectivity index is 1.99. The number of ether oxygens (including phenoxy) is 1. The number of hydrogen-bond donors (Lipinski definition) is 0. The maximum Gasteiger partial charge on any atom is 0.189 e. The van der Waals surface area contributed by atoms with Crippen molar-refractivity contribution in [2.24, 2.45) is 0 Å². The molecule has 0 atom stereocenters. The molecule has 0 bridgehead atoms. The van der Waals surface area contributed by atoms with Crippen LogP contribution in [0.2, 0.25) is 0 Å². The molecule has 4 aromatic rings. The molecule has 0 saturated heterocycles. The molecule has 0 N–H and O–H groups in total. The second-order valence-corrected chi connectivity index (χ2v) is 9.73. The van der Waals surface area contributed by atoms with Crippen molar-refractivity contribution in [3.8, 4) is 17.1 Å². The van der Waals surface area contributed by atoms with Gasteiger partial charge in [0.15, 0.2) is 11.5 Å². The highest BCUT2D eigenvalue weighted by molar-refractivity contribution is 7.16. The summed E-state index contributed by atoms with van der Waals surface area (Å²) in [5, 5.41) is 16.2. The first kappa shape index (κ1) is 20.3. The van der Waals surface area contributed by atoms with Gasteiger partial charge >= 0.3 is 0 Å². The Morgan fingerprint density at radius 3 is 2.50 bits per heavy atom. The van der Waals surface area contributed by atoms with Crippen LogP contribution in [0.25, 0.3) is 23.1 Å². The second kappa shape index (κ2) is 7.40. The summed E-state index contributed by atoms with van der Waals surface area (Å²) in [6.45, 7) is 8.57. The van der Waals surface area contributed by atoms with Gasteiger partial charge in [-0.3, -0.25) is 0 Å². The summed E-state index contributed by atoms with van der Waals surface area (Å²) in [4.78, 5) is 3.28. The van der Waals surface area contributed by atoms with Gasteiger partial charge in [0.25, 0.3) is 0 Å². The van der Waals surface area contributed by atoms with Crippen molar-refractivity contribution in [2.75, 3.05) is 26.1 Å². The standard InChI is InChI=1S/C23H27N5OS/c1-14-9-8-10-17(29-7)19(14)22-25-24-21-16(20(23(2,3)4)26-28(21)22)13-15-11-12-18(30-15)27(5)6/h8-13H,1-7H3/b16-13-. The van der Waals surface area contributed by atoms with Gasteiger partial charge in [-0.15, -0.1) is 21.5 Å². The zero-order valence-electron chi connectivity index (χ0n) is 18.5. The molecular weight excluding hydrogens is 394 g/mol. The van der Waals surface area contributed by atoms with Gasteiger partial charge in [0, 0.05) is 29.6 Å². The van der Waals surface area contributed by atoms with Crippen molar-refractivity contribution in [2.45, 2.75) is 33.1 Å². The van der Waals surface area contributed by atoms with Crippen molar-refractivity contribution in [1.29, 1.82) is 0 Å². The van der Waals surface area contributed by atoms with Gasteiger partial charge in [-0.1, -0.05) is 32.9 Å². The van der Waals surface area contributed by atoms with Gasteiger partial charge in [-0.05, 0) is 36.8 Å². The van der Waals surface area contributed by atoms with Crippen molar-refractivity contribution in [3.63, 3.8) is 0 Å². The summed E-state index contributed by atoms with van der Waals surface area (Å²) in [5.74, 6) is 1.47. The number of anilines is 1. The first-order valence-corrected chi connectivity index (χ1v) is 10.7. The number of thiophene rings is 1. The van der Waals surface area contributed by atoms with Gasteiger partial charge in [-0.2, -0.15) is 9.61 Å². The molecule has 3 aromatic heterocycles. The van der Waals surface area contributed by atoms with Crippen LogP contribution in [0.3, 0.4) is 0 Å². The van der Waals surface area contributed by atoms with Gasteiger partial charge < -0.3 is 9.64 Å². The molecule has 7 heteroatoms. The Morgan fingerprint density at radius 2 is 1.87 bits per heavy atom. The minimum atomic E-state index is -0.138. The minimum absolute atomic E-state index is 0.138. The molecule has 0 aliphatic rings. The van der Waals surface area contributed by atoms with Crippen LogP contribution in [0.1, 0.15) is 36.9 Å². The summed E-state index contributed by atoms with van der Waals surface area (Å²) in [6, 6.07) is 10.2. The summed E-state index contributed by atoms with van der Waals surface area (Å²) < 4.78 is 7.46. The molecule has 0 saturated carbocycles. The van der Waals surface area contributed by atoms with Crippen molar-refractivity contribution >= 4 is 28.1 Å². The molecule has 4 rings (SSSR count). The number of benzene rings is 1. The maximum absolute atomic E-state index is 5.60. The molecule has 6 nitrogen and oxygen atoms in total. The highest BCUT2D eigenvalue weighted by Crippen LogP contribution is 2.32. The van der Waals surface area contributed by atoms with Crippen molar-refractivity contribution in [1.82, 2.24) is 19.8 Å². The van der Waals surface area contributed by atoms with Crippen LogP contribution in [-0.4, -0.2) is 41.0 Å². The number of aryl methyl sites for hydroxylation is 1. The van der Waals surface area contributed by atoms with E-state index >= 15 is 0 Å². The summed E-state index contributed by atoms with van der Waals surface area (Å²) in [6.07, 6.45) is 2.17. The molecule has 0 aliphatic heterocycles. The first-order chi connectivity index (χ1) is 14.2. The molecule has 156 valence electrons. The molecule has 3 heterocycles. The van der Waals surface area contributed by atoms with Crippen LogP contribution >= 0.6 is 11.3 Å². The Kier molecular flexibility index (Phi) is 5.02. The van der Waals surface area contributed by atoms with E-state index in [1.807, 2.05) is 29.6 Å². The third kappa shape index (κ3) is 3.43. The summed E-state index contributed by atoms with van der Waals surface area (Å²) in [5.41, 5.74) is 3.62. The van der Waals surface area contributed by atoms with E-state index in [1.54, 1.807) is 18.4 Å². The molecule has 1 aromatic carbocycles. The predicted molar refractivity (Wildman–Crippen MR) is 124 cm³/mol. The van der Waals surface area contributed by atoms with E-state index in [1.165, 1.54) is 5.00 Å². The molecule has 0 fully saturated rings. The topological polar surface area (TPSA) is 55.6 Å². The van der Waals surface area contributed by atoms with Gasteiger partial charge in [0.05, 0.1) is 23.4 Å². The fourth-order valence-corrected chi connectivity index (χ4v) is 4.42. The van der Waals surface area contributed by atoms with Crippen LogP contribution < -0.4 is 14.9 Å². The lowest BCUT2D eigenvalue weighted by Crippen LogP contribution is -2.22. The monoisotopic (exact) mass is 421 g/mol. The lowest BCUT2D eigenvalue weighted by Gasteiger charge is -2.15. The normalized spacial score (nSPS) is 12.7. The van der Waals surface area contributed by atoms with E-state index in [0.717, 1.165) is 38.3 Å². The summed E-state index contributed by atoms with van der Waals surface area (Å²) in [7, 11) is 5.78. The molecule has 30 heavy (non-hydrogen) atoms. The van der Waals surface area contributed by atoms with Crippen LogP contribution in [-0.2, 0) is 5.41 Å². The van der Waals surface area contributed by atoms with Crippen LogP contribution in [0.5, 0.6) is 5.75 Å². The lowest BCUT2D eigenvalue weighted by atomic mass is 9.91. The number of methoxy groups -OCH3 is 1. The van der Waals surface area contributed by atoms with E-state index in [9.17, 15) is 0 Å². The SMILES string of the molecule is COc1cccc(C)c1-c1nnc2/c(=C\c3ccc(N(C)C)s3)c(C(C)(C)C)nn12. The molecular formula is C23H27N5OS. The Hall–Kier alpha value is -2.93. The van der Waals surface area contributed by atoms with Gasteiger partial charge in [0.2, 0.25) is 0 Å². The molecule has 0 unspecified atom stereocenters.